The highest BCUT2D eigenvalue weighted by Gasteiger charge is 2.21. The van der Waals surface area contributed by atoms with Crippen molar-refractivity contribution in [1.82, 2.24) is 0 Å². The van der Waals surface area contributed by atoms with Gasteiger partial charge in [0.1, 0.15) is 11.9 Å². The second-order valence-electron chi connectivity index (χ2n) is 4.34. The molecule has 92 valence electrons. The summed E-state index contributed by atoms with van der Waals surface area (Å²) >= 11 is 0. The van der Waals surface area contributed by atoms with E-state index in [1.54, 1.807) is 0 Å². The van der Waals surface area contributed by atoms with Crippen LogP contribution in [0.15, 0.2) is 24.3 Å². The topological polar surface area (TPSA) is 49.8 Å². The van der Waals surface area contributed by atoms with Gasteiger partial charge < -0.3 is 14.7 Å². The molecule has 4 heteroatoms. The van der Waals surface area contributed by atoms with E-state index in [-0.39, 0.29) is 12.5 Å². The Kier molecular flexibility index (Phi) is 3.52. The Bertz CT molecular complexity index is 405. The van der Waals surface area contributed by atoms with Gasteiger partial charge in [0.25, 0.3) is 0 Å². The molecule has 0 radical (unpaired) electrons. The predicted molar refractivity (Wildman–Crippen MR) is 65.6 cm³/mol. The number of hydrogen-bond acceptors (Lipinski definition) is 3. The third-order valence-electron chi connectivity index (χ3n) is 2.83. The molecule has 4 nitrogen and oxygen atoms in total. The van der Waals surface area contributed by atoms with Crippen LogP contribution in [0, 0.1) is 0 Å². The summed E-state index contributed by atoms with van der Waals surface area (Å²) in [7, 11) is 0. The molecule has 0 aromatic heterocycles. The van der Waals surface area contributed by atoms with E-state index in [4.69, 9.17) is 9.84 Å². The number of rotatable bonds is 4. The first-order chi connectivity index (χ1) is 8.16. The van der Waals surface area contributed by atoms with Crippen LogP contribution in [0.25, 0.3) is 0 Å². The quantitative estimate of drug-likeness (QED) is 0.868. The summed E-state index contributed by atoms with van der Waals surface area (Å²) in [6.07, 6.45) is 1.03. The first-order valence-electron chi connectivity index (χ1n) is 5.89. The fourth-order valence-electron chi connectivity index (χ4n) is 2.11. The second kappa shape index (κ2) is 5.08. The molecule has 1 heterocycles. The number of benzene rings is 1. The van der Waals surface area contributed by atoms with Crippen LogP contribution in [0.4, 0.5) is 5.69 Å². The van der Waals surface area contributed by atoms with Crippen LogP contribution in [0.1, 0.15) is 19.8 Å². The van der Waals surface area contributed by atoms with Crippen molar-refractivity contribution in [2.75, 3.05) is 18.0 Å². The number of carbonyl (C=O) groups is 1. The maximum Gasteiger partial charge on any atom is 0.303 e. The lowest BCUT2D eigenvalue weighted by Gasteiger charge is -2.34. The van der Waals surface area contributed by atoms with Gasteiger partial charge >= 0.3 is 5.97 Å². The zero-order chi connectivity index (χ0) is 12.3. The highest BCUT2D eigenvalue weighted by atomic mass is 16.5. The van der Waals surface area contributed by atoms with E-state index >= 15 is 0 Å². The van der Waals surface area contributed by atoms with Gasteiger partial charge in [0, 0.05) is 13.0 Å². The predicted octanol–water partition coefficient (Wildman–Crippen LogP) is 2.14. The molecule has 0 saturated carbocycles. The number of anilines is 1. The van der Waals surface area contributed by atoms with E-state index < -0.39 is 5.97 Å². The van der Waals surface area contributed by atoms with E-state index in [0.29, 0.717) is 6.42 Å². The maximum atomic E-state index is 10.5. The van der Waals surface area contributed by atoms with Crippen molar-refractivity contribution in [2.45, 2.75) is 25.9 Å². The Morgan fingerprint density at radius 3 is 3.06 bits per heavy atom. The zero-order valence-corrected chi connectivity index (χ0v) is 9.93. The van der Waals surface area contributed by atoms with Crippen LogP contribution < -0.4 is 9.64 Å². The van der Waals surface area contributed by atoms with Crippen molar-refractivity contribution < 1.29 is 14.6 Å². The first-order valence-corrected chi connectivity index (χ1v) is 5.89. The van der Waals surface area contributed by atoms with Crippen LogP contribution >= 0.6 is 0 Å². The number of hydrogen-bond donors (Lipinski definition) is 1. The number of fused-ring (bicyclic) bond motifs is 1. The normalized spacial score (nSPS) is 18.4. The number of nitrogens with zero attached hydrogens (tertiary/aromatic N) is 1. The first kappa shape index (κ1) is 11.8. The van der Waals surface area contributed by atoms with Crippen molar-refractivity contribution in [2.24, 2.45) is 0 Å². The number of carboxylic acid groups (broad SMARTS) is 1. The van der Waals surface area contributed by atoms with Gasteiger partial charge in [-0.25, -0.2) is 0 Å². The molecule has 0 aliphatic carbocycles. The van der Waals surface area contributed by atoms with Crippen molar-refractivity contribution in [3.63, 3.8) is 0 Å². The second-order valence-corrected chi connectivity index (χ2v) is 4.34. The molecule has 1 unspecified atom stereocenters. The molecule has 1 aromatic rings. The van der Waals surface area contributed by atoms with E-state index in [9.17, 15) is 4.79 Å². The molecule has 0 fully saturated rings. The van der Waals surface area contributed by atoms with E-state index in [2.05, 4.69) is 4.90 Å². The van der Waals surface area contributed by atoms with Crippen LogP contribution in [-0.2, 0) is 4.79 Å². The molecule has 1 aliphatic heterocycles. The average molecular weight is 235 g/mol. The summed E-state index contributed by atoms with van der Waals surface area (Å²) in [5, 5.41) is 8.65. The molecule has 1 atom stereocenters. The smallest absolute Gasteiger partial charge is 0.303 e. The fraction of sp³-hybridized carbons (Fsp3) is 0.462. The SMILES string of the molecule is CC1CN(CCCC(=O)O)c2ccccc2O1. The summed E-state index contributed by atoms with van der Waals surface area (Å²) in [6.45, 7) is 3.60. The highest BCUT2D eigenvalue weighted by Crippen LogP contribution is 2.32. The lowest BCUT2D eigenvalue weighted by molar-refractivity contribution is -0.137. The van der Waals surface area contributed by atoms with Gasteiger partial charge in [-0.05, 0) is 25.5 Å². The van der Waals surface area contributed by atoms with Crippen molar-refractivity contribution in [3.05, 3.63) is 24.3 Å². The molecular formula is C13H17NO3. The molecule has 2 rings (SSSR count). The van der Waals surface area contributed by atoms with E-state index in [1.807, 2.05) is 31.2 Å². The molecular weight excluding hydrogens is 218 g/mol. The third kappa shape index (κ3) is 2.90. The Morgan fingerprint density at radius 1 is 1.53 bits per heavy atom. The van der Waals surface area contributed by atoms with Gasteiger partial charge in [-0.15, -0.1) is 0 Å². The lowest BCUT2D eigenvalue weighted by atomic mass is 10.2. The average Bonchev–Trinajstić information content (AvgIpc) is 2.28. The molecule has 0 saturated heterocycles. The molecule has 1 aromatic carbocycles. The van der Waals surface area contributed by atoms with Gasteiger partial charge in [-0.2, -0.15) is 0 Å². The van der Waals surface area contributed by atoms with Crippen LogP contribution in [0.3, 0.4) is 0 Å². The van der Waals surface area contributed by atoms with Gasteiger partial charge in [0.05, 0.1) is 12.2 Å². The highest BCUT2D eigenvalue weighted by molar-refractivity contribution is 5.67. The van der Waals surface area contributed by atoms with Gasteiger partial charge in [-0.3, -0.25) is 4.79 Å². The lowest BCUT2D eigenvalue weighted by Crippen LogP contribution is -2.39. The Labute approximate surface area is 101 Å². The largest absolute Gasteiger partial charge is 0.487 e. The van der Waals surface area contributed by atoms with Crippen molar-refractivity contribution in [1.29, 1.82) is 0 Å². The number of aliphatic carboxylic acids is 1. The number of para-hydroxylation sites is 2. The van der Waals surface area contributed by atoms with E-state index in [0.717, 1.165) is 24.5 Å². The van der Waals surface area contributed by atoms with Gasteiger partial charge in [-0.1, -0.05) is 12.1 Å². The number of ether oxygens (including phenoxy) is 1. The van der Waals surface area contributed by atoms with Crippen LogP contribution in [0.2, 0.25) is 0 Å². The summed E-state index contributed by atoms with van der Waals surface area (Å²) in [5.41, 5.74) is 1.07. The summed E-state index contributed by atoms with van der Waals surface area (Å²) in [4.78, 5) is 12.7. The van der Waals surface area contributed by atoms with Crippen LogP contribution in [-0.4, -0.2) is 30.3 Å². The van der Waals surface area contributed by atoms with E-state index in [1.165, 1.54) is 0 Å². The zero-order valence-electron chi connectivity index (χ0n) is 9.93. The summed E-state index contributed by atoms with van der Waals surface area (Å²) < 4.78 is 5.73. The Hall–Kier alpha value is -1.71. The molecule has 1 aliphatic rings. The minimum absolute atomic E-state index is 0.148. The van der Waals surface area contributed by atoms with Gasteiger partial charge in [0.15, 0.2) is 0 Å². The Morgan fingerprint density at radius 2 is 2.29 bits per heavy atom. The fourth-order valence-corrected chi connectivity index (χ4v) is 2.11. The summed E-state index contributed by atoms with van der Waals surface area (Å²) in [5.74, 6) is 0.154. The molecule has 0 spiro atoms. The summed E-state index contributed by atoms with van der Waals surface area (Å²) in [6, 6.07) is 7.89. The monoisotopic (exact) mass is 235 g/mol. The van der Waals surface area contributed by atoms with Crippen molar-refractivity contribution >= 4 is 11.7 Å². The molecule has 17 heavy (non-hydrogen) atoms. The Balaban J connectivity index is 2.05. The van der Waals surface area contributed by atoms with Crippen molar-refractivity contribution in [3.8, 4) is 5.75 Å². The van der Waals surface area contributed by atoms with Gasteiger partial charge in [0.2, 0.25) is 0 Å². The standard InChI is InChI=1S/C13H17NO3/c1-10-9-14(8-4-7-13(15)16)11-5-2-3-6-12(11)17-10/h2-3,5-6,10H,4,7-9H2,1H3,(H,15,16). The molecule has 0 amide bonds. The number of carboxylic acids is 1. The molecule has 1 N–H and O–H groups in total. The molecule has 0 bridgehead atoms. The maximum absolute atomic E-state index is 10.5. The minimum atomic E-state index is -0.736. The minimum Gasteiger partial charge on any atom is -0.487 e. The van der Waals surface area contributed by atoms with Crippen LogP contribution in [0.5, 0.6) is 5.75 Å². The third-order valence-corrected chi connectivity index (χ3v) is 2.83.